The summed E-state index contributed by atoms with van der Waals surface area (Å²) in [4.78, 5) is 4.19. The molecule has 0 saturated heterocycles. The fourth-order valence-corrected chi connectivity index (χ4v) is 4.83. The molecule has 1 aliphatic heterocycles. The van der Waals surface area contributed by atoms with Gasteiger partial charge in [-0.2, -0.15) is 15.5 Å². The standard InChI is InChI=1S/C28H23N3O2/c29-18-20-5-4-6-21(15-20)22-9-10-27-25(16-22)26(31-19-30)17-28(33-27)13-11-24(12-14-28)32-23-7-2-1-3-8-23/h1-10,15-16,24H,11-14,17H2. The summed E-state index contributed by atoms with van der Waals surface area (Å²) in [6.07, 6.45) is 6.23. The smallest absolute Gasteiger partial charge is 0.205 e. The summed E-state index contributed by atoms with van der Waals surface area (Å²) in [6.45, 7) is 0. The lowest BCUT2D eigenvalue weighted by molar-refractivity contribution is -0.00285. The van der Waals surface area contributed by atoms with Crippen molar-refractivity contribution in [1.82, 2.24) is 0 Å². The number of nitriles is 2. The lowest BCUT2D eigenvalue weighted by Gasteiger charge is -2.43. The van der Waals surface area contributed by atoms with Gasteiger partial charge < -0.3 is 9.47 Å². The zero-order valence-electron chi connectivity index (χ0n) is 18.2. The van der Waals surface area contributed by atoms with Crippen molar-refractivity contribution in [1.29, 1.82) is 10.5 Å². The molecule has 3 aromatic rings. The molecule has 0 amide bonds. The topological polar surface area (TPSA) is 78.4 Å². The fraction of sp³-hybridized carbons (Fsp3) is 0.250. The Kier molecular flexibility index (Phi) is 5.55. The van der Waals surface area contributed by atoms with Crippen molar-refractivity contribution >= 4 is 5.71 Å². The lowest BCUT2D eigenvalue weighted by atomic mass is 9.77. The molecule has 33 heavy (non-hydrogen) atoms. The van der Waals surface area contributed by atoms with Crippen LogP contribution >= 0.6 is 0 Å². The number of nitrogens with zero attached hydrogens (tertiary/aromatic N) is 3. The number of hydrogen-bond donors (Lipinski definition) is 0. The van der Waals surface area contributed by atoms with Crippen molar-refractivity contribution in [3.63, 3.8) is 0 Å². The molecular weight excluding hydrogens is 410 g/mol. The van der Waals surface area contributed by atoms with Gasteiger partial charge in [0.1, 0.15) is 17.1 Å². The van der Waals surface area contributed by atoms with Crippen LogP contribution in [0.25, 0.3) is 11.1 Å². The Balaban J connectivity index is 1.38. The molecule has 0 atom stereocenters. The molecule has 1 spiro atoms. The number of fused-ring (bicyclic) bond motifs is 1. The maximum absolute atomic E-state index is 9.36. The average Bonchev–Trinajstić information content (AvgIpc) is 2.86. The molecule has 5 heteroatoms. The third-order valence-corrected chi connectivity index (χ3v) is 6.51. The number of aliphatic imine (C=N–C) groups is 1. The molecule has 2 aliphatic rings. The molecule has 0 bridgehead atoms. The number of para-hydroxylation sites is 1. The first kappa shape index (κ1) is 20.8. The van der Waals surface area contributed by atoms with Crippen molar-refractivity contribution in [2.45, 2.75) is 43.8 Å². The third-order valence-electron chi connectivity index (χ3n) is 6.51. The van der Waals surface area contributed by atoms with Crippen molar-refractivity contribution in [2.75, 3.05) is 0 Å². The summed E-state index contributed by atoms with van der Waals surface area (Å²) in [5.41, 5.74) is 3.79. The molecule has 0 unspecified atom stereocenters. The predicted molar refractivity (Wildman–Crippen MR) is 126 cm³/mol. The van der Waals surface area contributed by atoms with Crippen molar-refractivity contribution in [3.8, 4) is 34.9 Å². The van der Waals surface area contributed by atoms with Gasteiger partial charge in [0.25, 0.3) is 0 Å². The van der Waals surface area contributed by atoms with Gasteiger partial charge in [-0.25, -0.2) is 0 Å². The molecule has 3 aromatic carbocycles. The SMILES string of the molecule is N#CN=C1CC2(CCC(Oc3ccccc3)CC2)Oc2ccc(-c3cccc(C#N)c3)cc21. The molecule has 162 valence electrons. The second kappa shape index (κ2) is 8.81. The first-order chi connectivity index (χ1) is 16.2. The van der Waals surface area contributed by atoms with Crippen LogP contribution in [0, 0.1) is 22.8 Å². The van der Waals surface area contributed by atoms with Crippen LogP contribution in [0.3, 0.4) is 0 Å². The Morgan fingerprint density at radius 1 is 0.909 bits per heavy atom. The highest BCUT2D eigenvalue weighted by Crippen LogP contribution is 2.44. The molecule has 0 aromatic heterocycles. The maximum Gasteiger partial charge on any atom is 0.205 e. The van der Waals surface area contributed by atoms with Gasteiger partial charge in [-0.3, -0.25) is 0 Å². The number of rotatable bonds is 3. The summed E-state index contributed by atoms with van der Waals surface area (Å²) < 4.78 is 12.7. The van der Waals surface area contributed by atoms with Crippen LogP contribution in [-0.2, 0) is 0 Å². The van der Waals surface area contributed by atoms with Crippen LogP contribution < -0.4 is 9.47 Å². The van der Waals surface area contributed by atoms with Crippen LogP contribution in [0.2, 0.25) is 0 Å². The van der Waals surface area contributed by atoms with E-state index in [1.807, 2.05) is 72.9 Å². The Hall–Kier alpha value is -4.09. The quantitative estimate of drug-likeness (QED) is 0.472. The monoisotopic (exact) mass is 433 g/mol. The van der Waals surface area contributed by atoms with E-state index in [1.54, 1.807) is 6.07 Å². The van der Waals surface area contributed by atoms with Crippen LogP contribution in [-0.4, -0.2) is 17.4 Å². The molecule has 1 aliphatic carbocycles. The van der Waals surface area contributed by atoms with Gasteiger partial charge in [-0.1, -0.05) is 36.4 Å². The summed E-state index contributed by atoms with van der Waals surface area (Å²) >= 11 is 0. The normalized spacial score (nSPS) is 22.6. The summed E-state index contributed by atoms with van der Waals surface area (Å²) in [5.74, 6) is 1.66. The van der Waals surface area contributed by atoms with E-state index >= 15 is 0 Å². The second-order valence-corrected chi connectivity index (χ2v) is 8.65. The fourth-order valence-electron chi connectivity index (χ4n) is 4.83. The molecule has 1 fully saturated rings. The first-order valence-corrected chi connectivity index (χ1v) is 11.2. The Morgan fingerprint density at radius 3 is 2.45 bits per heavy atom. The second-order valence-electron chi connectivity index (χ2n) is 8.65. The zero-order valence-corrected chi connectivity index (χ0v) is 18.2. The van der Waals surface area contributed by atoms with E-state index in [0.717, 1.165) is 59.6 Å². The van der Waals surface area contributed by atoms with Gasteiger partial charge in [0.05, 0.1) is 23.4 Å². The van der Waals surface area contributed by atoms with Gasteiger partial charge in [-0.05, 0) is 73.2 Å². The van der Waals surface area contributed by atoms with Gasteiger partial charge in [0.15, 0.2) is 0 Å². The van der Waals surface area contributed by atoms with E-state index in [0.29, 0.717) is 12.0 Å². The van der Waals surface area contributed by atoms with E-state index in [9.17, 15) is 10.5 Å². The molecule has 1 heterocycles. The van der Waals surface area contributed by atoms with Crippen molar-refractivity contribution in [2.24, 2.45) is 4.99 Å². The van der Waals surface area contributed by atoms with E-state index < -0.39 is 0 Å². The Labute approximate surface area is 193 Å². The van der Waals surface area contributed by atoms with E-state index in [1.165, 1.54) is 0 Å². The van der Waals surface area contributed by atoms with E-state index in [4.69, 9.17) is 9.47 Å². The minimum atomic E-state index is -0.360. The highest BCUT2D eigenvalue weighted by molar-refractivity contribution is 6.05. The summed E-state index contributed by atoms with van der Waals surface area (Å²) in [6, 6.07) is 25.6. The molecule has 5 nitrogen and oxygen atoms in total. The van der Waals surface area contributed by atoms with Gasteiger partial charge >= 0.3 is 0 Å². The van der Waals surface area contributed by atoms with Crippen LogP contribution in [0.1, 0.15) is 43.2 Å². The Morgan fingerprint density at radius 2 is 1.70 bits per heavy atom. The Bertz CT molecular complexity index is 1280. The van der Waals surface area contributed by atoms with Crippen LogP contribution in [0.5, 0.6) is 11.5 Å². The average molecular weight is 434 g/mol. The number of ether oxygens (including phenoxy) is 2. The first-order valence-electron chi connectivity index (χ1n) is 11.2. The minimum Gasteiger partial charge on any atom is -0.490 e. The van der Waals surface area contributed by atoms with Gasteiger partial charge in [0, 0.05) is 12.0 Å². The zero-order chi connectivity index (χ0) is 22.7. The highest BCUT2D eigenvalue weighted by atomic mass is 16.5. The van der Waals surface area contributed by atoms with Gasteiger partial charge in [0.2, 0.25) is 6.19 Å². The van der Waals surface area contributed by atoms with Crippen LogP contribution in [0.4, 0.5) is 0 Å². The highest BCUT2D eigenvalue weighted by Gasteiger charge is 2.43. The molecule has 1 saturated carbocycles. The number of benzene rings is 3. The lowest BCUT2D eigenvalue weighted by Crippen LogP contribution is -2.46. The van der Waals surface area contributed by atoms with Crippen LogP contribution in [0.15, 0.2) is 77.8 Å². The molecular formula is C28H23N3O2. The largest absolute Gasteiger partial charge is 0.490 e. The summed E-state index contributed by atoms with van der Waals surface area (Å²) in [7, 11) is 0. The summed E-state index contributed by atoms with van der Waals surface area (Å²) in [5, 5.41) is 18.6. The van der Waals surface area contributed by atoms with E-state index in [-0.39, 0.29) is 11.7 Å². The third kappa shape index (κ3) is 4.31. The molecule has 0 radical (unpaired) electrons. The molecule has 5 rings (SSSR count). The van der Waals surface area contributed by atoms with Crippen molar-refractivity contribution in [3.05, 3.63) is 83.9 Å². The minimum absolute atomic E-state index is 0.161. The number of hydrogen-bond acceptors (Lipinski definition) is 5. The predicted octanol–water partition coefficient (Wildman–Crippen LogP) is 6.04. The maximum atomic E-state index is 9.36. The van der Waals surface area contributed by atoms with E-state index in [2.05, 4.69) is 11.1 Å². The molecule has 0 N–H and O–H groups in total. The van der Waals surface area contributed by atoms with Gasteiger partial charge in [-0.15, -0.1) is 0 Å². The van der Waals surface area contributed by atoms with Crippen molar-refractivity contribution < 1.29 is 9.47 Å².